The Labute approximate surface area is 122 Å². The van der Waals surface area contributed by atoms with Crippen LogP contribution in [0.3, 0.4) is 0 Å². The molecule has 1 aliphatic rings. The van der Waals surface area contributed by atoms with Crippen molar-refractivity contribution in [1.82, 2.24) is 15.5 Å². The summed E-state index contributed by atoms with van der Waals surface area (Å²) in [7, 11) is 0. The maximum absolute atomic E-state index is 12.1. The minimum Gasteiger partial charge on any atom is -0.480 e. The number of thioether (sulfide) groups is 1. The van der Waals surface area contributed by atoms with Gasteiger partial charge in [-0.3, -0.25) is 9.69 Å². The highest BCUT2D eigenvalue weighted by atomic mass is 32.2. The Morgan fingerprint density at radius 2 is 1.95 bits per heavy atom. The molecule has 0 radical (unpaired) electrons. The number of carboxylic acid groups (broad SMARTS) is 1. The van der Waals surface area contributed by atoms with E-state index < -0.39 is 12.0 Å². The molecule has 2 atom stereocenters. The number of amides is 3. The van der Waals surface area contributed by atoms with Crippen LogP contribution in [0.4, 0.5) is 4.79 Å². The van der Waals surface area contributed by atoms with Crippen molar-refractivity contribution < 1.29 is 19.5 Å². The second-order valence-electron chi connectivity index (χ2n) is 4.55. The van der Waals surface area contributed by atoms with Gasteiger partial charge in [-0.15, -0.1) is 11.8 Å². The maximum atomic E-state index is 12.1. The van der Waals surface area contributed by atoms with E-state index in [1.807, 2.05) is 6.92 Å². The topological polar surface area (TPSA) is 98.7 Å². The molecule has 8 heteroatoms. The zero-order chi connectivity index (χ0) is 15.1. The highest BCUT2D eigenvalue weighted by Gasteiger charge is 2.40. The molecule has 0 aliphatic carbocycles. The van der Waals surface area contributed by atoms with Crippen molar-refractivity contribution in [3.63, 3.8) is 0 Å². The van der Waals surface area contributed by atoms with E-state index in [-0.39, 0.29) is 23.9 Å². The van der Waals surface area contributed by atoms with Gasteiger partial charge in [0.25, 0.3) is 0 Å². The summed E-state index contributed by atoms with van der Waals surface area (Å²) in [5, 5.41) is 14.3. The van der Waals surface area contributed by atoms with Crippen LogP contribution in [-0.4, -0.2) is 58.2 Å². The second kappa shape index (κ2) is 7.98. The second-order valence-corrected chi connectivity index (χ2v) is 5.76. The van der Waals surface area contributed by atoms with Gasteiger partial charge in [-0.2, -0.15) is 0 Å². The fourth-order valence-corrected chi connectivity index (χ4v) is 3.51. The average molecular weight is 303 g/mol. The lowest BCUT2D eigenvalue weighted by molar-refractivity contribution is -0.141. The molecule has 114 valence electrons. The number of carboxylic acids is 1. The molecule has 1 heterocycles. The minimum absolute atomic E-state index is 0.0955. The number of nitrogens with zero attached hydrogens (tertiary/aromatic N) is 1. The fourth-order valence-electron chi connectivity index (χ4n) is 1.99. The number of hydrogen-bond acceptors (Lipinski definition) is 4. The first-order valence-electron chi connectivity index (χ1n) is 6.62. The number of hydrogen-bond donors (Lipinski definition) is 3. The Kier molecular flexibility index (Phi) is 6.63. The lowest BCUT2D eigenvalue weighted by Crippen LogP contribution is -2.51. The molecule has 3 N–H and O–H groups in total. The molecule has 0 saturated carbocycles. The van der Waals surface area contributed by atoms with Crippen LogP contribution in [0, 0.1) is 0 Å². The molecule has 1 fully saturated rings. The van der Waals surface area contributed by atoms with Crippen molar-refractivity contribution in [2.45, 2.75) is 38.1 Å². The van der Waals surface area contributed by atoms with Crippen molar-refractivity contribution in [3.05, 3.63) is 0 Å². The standard InChI is InChI=1S/C12H21N3O4S/c1-3-4-10-15(9(7-20-10)11(17)18)12(19)14-6-5-13-8(2)16/h9-10H,3-7H2,1-2H3,(H,13,16)(H,14,19)(H,17,18). The zero-order valence-corrected chi connectivity index (χ0v) is 12.5. The Bertz CT molecular complexity index is 378. The monoisotopic (exact) mass is 303 g/mol. The van der Waals surface area contributed by atoms with Crippen molar-refractivity contribution in [3.8, 4) is 0 Å². The predicted octanol–water partition coefficient (Wildman–Crippen LogP) is 0.460. The largest absolute Gasteiger partial charge is 0.480 e. The number of nitrogens with one attached hydrogen (secondary N) is 2. The van der Waals surface area contributed by atoms with E-state index >= 15 is 0 Å². The van der Waals surface area contributed by atoms with E-state index in [9.17, 15) is 19.5 Å². The summed E-state index contributed by atoms with van der Waals surface area (Å²) in [4.78, 5) is 35.4. The van der Waals surface area contributed by atoms with Crippen molar-refractivity contribution in [1.29, 1.82) is 0 Å². The van der Waals surface area contributed by atoms with E-state index in [2.05, 4.69) is 10.6 Å². The molecule has 20 heavy (non-hydrogen) atoms. The lowest BCUT2D eigenvalue weighted by atomic mass is 10.2. The van der Waals surface area contributed by atoms with Gasteiger partial charge in [-0.25, -0.2) is 9.59 Å². The van der Waals surface area contributed by atoms with Crippen molar-refractivity contribution >= 4 is 29.7 Å². The molecular weight excluding hydrogens is 282 g/mol. The Morgan fingerprint density at radius 1 is 1.30 bits per heavy atom. The molecule has 0 spiro atoms. The van der Waals surface area contributed by atoms with Gasteiger partial charge >= 0.3 is 12.0 Å². The van der Waals surface area contributed by atoms with E-state index in [1.165, 1.54) is 23.6 Å². The van der Waals surface area contributed by atoms with Crippen LogP contribution in [0.2, 0.25) is 0 Å². The van der Waals surface area contributed by atoms with Gasteiger partial charge in [0.2, 0.25) is 5.91 Å². The summed E-state index contributed by atoms with van der Waals surface area (Å²) >= 11 is 1.50. The minimum atomic E-state index is -0.979. The van der Waals surface area contributed by atoms with Gasteiger partial charge in [0.15, 0.2) is 0 Å². The molecular formula is C12H21N3O4S. The van der Waals surface area contributed by atoms with Crippen LogP contribution < -0.4 is 10.6 Å². The van der Waals surface area contributed by atoms with Crippen LogP contribution in [0.1, 0.15) is 26.7 Å². The molecule has 0 aromatic rings. The number of aliphatic carboxylic acids is 1. The highest BCUT2D eigenvalue weighted by molar-refractivity contribution is 8.00. The van der Waals surface area contributed by atoms with Gasteiger partial charge in [0, 0.05) is 25.8 Å². The Balaban J connectivity index is 2.55. The quantitative estimate of drug-likeness (QED) is 0.619. The third kappa shape index (κ3) is 4.59. The molecule has 7 nitrogen and oxygen atoms in total. The van der Waals surface area contributed by atoms with Gasteiger partial charge in [0.05, 0.1) is 5.37 Å². The summed E-state index contributed by atoms with van der Waals surface area (Å²) in [5.41, 5.74) is 0. The van der Waals surface area contributed by atoms with E-state index in [0.29, 0.717) is 12.3 Å². The van der Waals surface area contributed by atoms with Gasteiger partial charge in [-0.1, -0.05) is 13.3 Å². The van der Waals surface area contributed by atoms with Crippen LogP contribution >= 0.6 is 11.8 Å². The number of rotatable bonds is 6. The van der Waals surface area contributed by atoms with Crippen LogP contribution in [0.25, 0.3) is 0 Å². The summed E-state index contributed by atoms with van der Waals surface area (Å²) in [5.74, 6) is -0.726. The Morgan fingerprint density at radius 3 is 2.50 bits per heavy atom. The summed E-state index contributed by atoms with van der Waals surface area (Å²) in [6.45, 7) is 4.02. The smallest absolute Gasteiger partial charge is 0.327 e. The predicted molar refractivity (Wildman–Crippen MR) is 76.5 cm³/mol. The average Bonchev–Trinajstić information content (AvgIpc) is 2.78. The van der Waals surface area contributed by atoms with Gasteiger partial charge < -0.3 is 15.7 Å². The van der Waals surface area contributed by atoms with E-state index in [4.69, 9.17) is 0 Å². The molecule has 1 saturated heterocycles. The number of urea groups is 1. The third-order valence-corrected chi connectivity index (χ3v) is 4.28. The molecule has 3 amide bonds. The van der Waals surface area contributed by atoms with Crippen molar-refractivity contribution in [2.24, 2.45) is 0 Å². The first-order valence-corrected chi connectivity index (χ1v) is 7.67. The first-order chi connectivity index (χ1) is 9.47. The zero-order valence-electron chi connectivity index (χ0n) is 11.7. The summed E-state index contributed by atoms with van der Waals surface area (Å²) < 4.78 is 0. The van der Waals surface area contributed by atoms with Crippen LogP contribution in [-0.2, 0) is 9.59 Å². The van der Waals surface area contributed by atoms with Gasteiger partial charge in [-0.05, 0) is 6.42 Å². The SMILES string of the molecule is CCCC1SCC(C(=O)O)N1C(=O)NCCNC(C)=O. The number of carbonyl (C=O) groups excluding carboxylic acids is 2. The van der Waals surface area contributed by atoms with Crippen molar-refractivity contribution in [2.75, 3.05) is 18.8 Å². The normalized spacial score (nSPS) is 21.6. The maximum Gasteiger partial charge on any atom is 0.327 e. The summed E-state index contributed by atoms with van der Waals surface area (Å²) in [6.07, 6.45) is 1.66. The highest BCUT2D eigenvalue weighted by Crippen LogP contribution is 2.32. The summed E-state index contributed by atoms with van der Waals surface area (Å²) in [6, 6.07) is -1.16. The lowest BCUT2D eigenvalue weighted by Gasteiger charge is -2.27. The first kappa shape index (κ1) is 16.6. The van der Waals surface area contributed by atoms with E-state index in [0.717, 1.165) is 12.8 Å². The van der Waals surface area contributed by atoms with E-state index in [1.54, 1.807) is 0 Å². The molecule has 0 aromatic carbocycles. The Hall–Kier alpha value is -1.44. The molecule has 1 aliphatic heterocycles. The molecule has 0 bridgehead atoms. The van der Waals surface area contributed by atoms with Crippen LogP contribution in [0.5, 0.6) is 0 Å². The molecule has 2 unspecified atom stereocenters. The number of carbonyl (C=O) groups is 3. The van der Waals surface area contributed by atoms with Crippen LogP contribution in [0.15, 0.2) is 0 Å². The molecule has 0 aromatic heterocycles. The molecule has 1 rings (SSSR count). The third-order valence-electron chi connectivity index (χ3n) is 2.92. The van der Waals surface area contributed by atoms with Gasteiger partial charge in [0.1, 0.15) is 6.04 Å². The fraction of sp³-hybridized carbons (Fsp3) is 0.750.